The van der Waals surface area contributed by atoms with Crippen molar-refractivity contribution in [2.24, 2.45) is 29.6 Å². The van der Waals surface area contributed by atoms with Crippen LogP contribution in [0, 0.1) is 29.6 Å². The van der Waals surface area contributed by atoms with E-state index in [-0.39, 0.29) is 30.5 Å². The number of hydrogen-bond donors (Lipinski definition) is 1. The molecule has 4 rings (SSSR count). The molecule has 0 unspecified atom stereocenters. The van der Waals surface area contributed by atoms with Crippen molar-refractivity contribution in [3.05, 3.63) is 48.0 Å². The molecule has 2 fully saturated rings. The van der Waals surface area contributed by atoms with Crippen LogP contribution in [-0.4, -0.2) is 42.4 Å². The summed E-state index contributed by atoms with van der Waals surface area (Å²) in [5, 5.41) is 2.98. The number of fused-ring (bicyclic) bond motifs is 2. The Hall–Kier alpha value is -2.83. The molecule has 1 amide bonds. The lowest BCUT2D eigenvalue weighted by Gasteiger charge is -2.42. The summed E-state index contributed by atoms with van der Waals surface area (Å²) < 4.78 is 17.0. The summed E-state index contributed by atoms with van der Waals surface area (Å²) in [6.07, 6.45) is 5.35. The van der Waals surface area contributed by atoms with E-state index in [9.17, 15) is 14.4 Å². The number of hydrogen-bond acceptors (Lipinski definition) is 6. The van der Waals surface area contributed by atoms with Crippen molar-refractivity contribution < 1.29 is 28.6 Å². The molecule has 3 aliphatic rings. The minimum Gasteiger partial charge on any atom is -0.460 e. The smallest absolute Gasteiger partial charge is 0.460 e. The molecule has 0 spiro atoms. The molecular weight excluding hydrogens is 446 g/mol. The molecule has 2 saturated carbocycles. The maximum Gasteiger partial charge on any atom is 0.508 e. The average Bonchev–Trinajstić information content (AvgIpc) is 3.41. The number of esters is 1. The van der Waals surface area contributed by atoms with Crippen LogP contribution in [0.4, 0.5) is 4.79 Å². The van der Waals surface area contributed by atoms with Crippen LogP contribution in [0.1, 0.15) is 63.7 Å². The van der Waals surface area contributed by atoms with Gasteiger partial charge in [0.15, 0.2) is 5.54 Å². The normalized spacial score (nSPS) is 33.4. The molecule has 3 aliphatic carbocycles. The second kappa shape index (κ2) is 10.4. The summed E-state index contributed by atoms with van der Waals surface area (Å²) in [5.74, 6) is -0.428. The number of amides is 1. The van der Waals surface area contributed by atoms with Gasteiger partial charge in [0.05, 0.1) is 6.61 Å². The van der Waals surface area contributed by atoms with Crippen molar-refractivity contribution in [3.63, 3.8) is 0 Å². The van der Waals surface area contributed by atoms with Crippen LogP contribution in [0.3, 0.4) is 0 Å². The summed E-state index contributed by atoms with van der Waals surface area (Å²) in [5.41, 5.74) is -1.09. The first-order valence-electron chi connectivity index (χ1n) is 12.9. The highest BCUT2D eigenvalue weighted by Gasteiger charge is 2.65. The highest BCUT2D eigenvalue weighted by molar-refractivity contribution is 5.99. The molecule has 7 atom stereocenters. The third-order valence-corrected chi connectivity index (χ3v) is 7.94. The third kappa shape index (κ3) is 4.95. The van der Waals surface area contributed by atoms with Gasteiger partial charge in [-0.05, 0) is 56.1 Å². The Morgan fingerprint density at radius 2 is 1.80 bits per heavy atom. The van der Waals surface area contributed by atoms with Crippen LogP contribution in [0.5, 0.6) is 0 Å². The zero-order valence-corrected chi connectivity index (χ0v) is 21.1. The van der Waals surface area contributed by atoms with Gasteiger partial charge in [-0.3, -0.25) is 4.79 Å². The van der Waals surface area contributed by atoms with Crippen molar-refractivity contribution in [1.82, 2.24) is 5.32 Å². The highest BCUT2D eigenvalue weighted by Crippen LogP contribution is 2.50. The summed E-state index contributed by atoms with van der Waals surface area (Å²) in [6.45, 7) is 8.33. The topological polar surface area (TPSA) is 90.9 Å². The van der Waals surface area contributed by atoms with Crippen LogP contribution < -0.4 is 5.32 Å². The van der Waals surface area contributed by atoms with Crippen LogP contribution in [0.15, 0.2) is 42.5 Å². The number of benzene rings is 1. The Morgan fingerprint density at radius 1 is 1.06 bits per heavy atom. The van der Waals surface area contributed by atoms with Crippen LogP contribution in [0.25, 0.3) is 0 Å². The molecule has 190 valence electrons. The summed E-state index contributed by atoms with van der Waals surface area (Å²) in [7, 11) is 0. The molecule has 35 heavy (non-hydrogen) atoms. The van der Waals surface area contributed by atoms with Crippen molar-refractivity contribution in [3.8, 4) is 0 Å². The van der Waals surface area contributed by atoms with Gasteiger partial charge in [0.2, 0.25) is 0 Å². The molecule has 0 heterocycles. The molecule has 0 aliphatic heterocycles. The molecule has 0 radical (unpaired) electrons. The molecule has 1 aromatic rings. The molecule has 1 N–H and O–H groups in total. The van der Waals surface area contributed by atoms with Gasteiger partial charge in [0.1, 0.15) is 12.2 Å². The van der Waals surface area contributed by atoms with E-state index in [1.54, 1.807) is 31.2 Å². The van der Waals surface area contributed by atoms with Gasteiger partial charge in [0, 0.05) is 17.4 Å². The van der Waals surface area contributed by atoms with Gasteiger partial charge in [-0.1, -0.05) is 57.5 Å². The standard InChI is InChI=1S/C28H37NO6/c1-5-33-27(32)35-24-20-12-13-21(16-20)28(24,29-25(30)19-9-7-6-8-10-19)26(31)34-23-15-18(4)11-14-22(23)17(2)3/h6-10,12-13,17-18,20-24H,5,11,14-16H2,1-4H3,(H,29,30)/t18-,20-,21+,22+,23-,24+,28-/m0/s1. The number of ether oxygens (including phenoxy) is 3. The number of nitrogens with one attached hydrogen (secondary N) is 1. The Morgan fingerprint density at radius 3 is 2.49 bits per heavy atom. The van der Waals surface area contributed by atoms with Crippen LogP contribution >= 0.6 is 0 Å². The van der Waals surface area contributed by atoms with Gasteiger partial charge < -0.3 is 19.5 Å². The Balaban J connectivity index is 1.68. The first-order chi connectivity index (χ1) is 16.8. The zero-order valence-electron chi connectivity index (χ0n) is 21.1. The first-order valence-corrected chi connectivity index (χ1v) is 12.9. The van der Waals surface area contributed by atoms with Gasteiger partial charge in [-0.2, -0.15) is 0 Å². The fourth-order valence-electron chi connectivity index (χ4n) is 6.09. The molecule has 1 aromatic carbocycles. The highest BCUT2D eigenvalue weighted by atomic mass is 16.7. The summed E-state index contributed by atoms with van der Waals surface area (Å²) >= 11 is 0. The Bertz CT molecular complexity index is 959. The van der Waals surface area contributed by atoms with E-state index >= 15 is 0 Å². The second-order valence-corrected chi connectivity index (χ2v) is 10.6. The van der Waals surface area contributed by atoms with E-state index < -0.39 is 29.7 Å². The Labute approximate surface area is 207 Å². The maximum absolute atomic E-state index is 14.1. The van der Waals surface area contributed by atoms with Crippen molar-refractivity contribution in [2.45, 2.75) is 71.1 Å². The summed E-state index contributed by atoms with van der Waals surface area (Å²) in [6, 6.07) is 8.74. The maximum atomic E-state index is 14.1. The minimum atomic E-state index is -1.51. The van der Waals surface area contributed by atoms with Crippen molar-refractivity contribution in [1.29, 1.82) is 0 Å². The molecule has 7 nitrogen and oxygen atoms in total. The largest absolute Gasteiger partial charge is 0.508 e. The van der Waals surface area contributed by atoms with Gasteiger partial charge in [0.25, 0.3) is 5.91 Å². The number of carbonyl (C=O) groups is 3. The van der Waals surface area contributed by atoms with Crippen molar-refractivity contribution >= 4 is 18.0 Å². The lowest BCUT2D eigenvalue weighted by Crippen LogP contribution is -2.66. The van der Waals surface area contributed by atoms with E-state index in [0.717, 1.165) is 19.3 Å². The fraction of sp³-hybridized carbons (Fsp3) is 0.607. The van der Waals surface area contributed by atoms with E-state index in [1.807, 2.05) is 18.2 Å². The minimum absolute atomic E-state index is 0.152. The molecular formula is C28H37NO6. The fourth-order valence-corrected chi connectivity index (χ4v) is 6.09. The van der Waals surface area contributed by atoms with E-state index in [0.29, 0.717) is 23.8 Å². The summed E-state index contributed by atoms with van der Waals surface area (Å²) in [4.78, 5) is 39.8. The third-order valence-electron chi connectivity index (χ3n) is 7.94. The van der Waals surface area contributed by atoms with Crippen LogP contribution in [0.2, 0.25) is 0 Å². The zero-order chi connectivity index (χ0) is 25.2. The average molecular weight is 484 g/mol. The lowest BCUT2D eigenvalue weighted by molar-refractivity contribution is -0.170. The lowest BCUT2D eigenvalue weighted by atomic mass is 9.75. The van der Waals surface area contributed by atoms with Gasteiger partial charge in [-0.15, -0.1) is 0 Å². The van der Waals surface area contributed by atoms with Crippen LogP contribution in [-0.2, 0) is 19.0 Å². The molecule has 2 bridgehead atoms. The van der Waals surface area contributed by atoms with Gasteiger partial charge in [-0.25, -0.2) is 9.59 Å². The number of rotatable bonds is 7. The van der Waals surface area contributed by atoms with Gasteiger partial charge >= 0.3 is 12.1 Å². The van der Waals surface area contributed by atoms with E-state index in [4.69, 9.17) is 14.2 Å². The molecule has 7 heteroatoms. The first kappa shape index (κ1) is 25.3. The van der Waals surface area contributed by atoms with E-state index in [1.165, 1.54) is 0 Å². The predicted octanol–water partition coefficient (Wildman–Crippen LogP) is 4.91. The number of carbonyl (C=O) groups excluding carboxylic acids is 3. The molecule has 0 saturated heterocycles. The van der Waals surface area contributed by atoms with Crippen molar-refractivity contribution in [2.75, 3.05) is 6.61 Å². The quantitative estimate of drug-likeness (QED) is 0.438. The van der Waals surface area contributed by atoms with E-state index in [2.05, 4.69) is 26.1 Å². The SMILES string of the molecule is CCOC(=O)O[C@@H]1[C@H]2C=C[C@H](C2)[C@@]1(NC(=O)c1ccccc1)C(=O)O[C@H]1C[C@@H](C)CC[C@@H]1C(C)C. The Kier molecular flexibility index (Phi) is 7.53. The predicted molar refractivity (Wildman–Crippen MR) is 130 cm³/mol. The monoisotopic (exact) mass is 483 g/mol. The second-order valence-electron chi connectivity index (χ2n) is 10.6. The molecule has 0 aromatic heterocycles.